The Balaban J connectivity index is 1.62. The lowest BCUT2D eigenvalue weighted by Gasteiger charge is -2.30. The third kappa shape index (κ3) is 4.84. The van der Waals surface area contributed by atoms with E-state index >= 15 is 0 Å². The van der Waals surface area contributed by atoms with Gasteiger partial charge in [0.25, 0.3) is 0 Å². The molecule has 1 aliphatic heterocycles. The van der Waals surface area contributed by atoms with Crippen LogP contribution in [-0.2, 0) is 14.8 Å². The Hall–Kier alpha value is -1.12. The summed E-state index contributed by atoms with van der Waals surface area (Å²) in [6, 6.07) is 11.3. The first-order valence-corrected chi connectivity index (χ1v) is 11.3. The fourth-order valence-electron chi connectivity index (χ4n) is 2.94. The SMILES string of the molecule is O=C(Nc1ccc(Br)cc1Cl)C1CCN(S(=O)(=O)c2ccc(Cl)cc2)CC1. The number of halogens is 3. The van der Waals surface area contributed by atoms with Gasteiger partial charge in [-0.05, 0) is 55.3 Å². The molecule has 1 aliphatic rings. The van der Waals surface area contributed by atoms with Crippen molar-refractivity contribution >= 4 is 60.7 Å². The van der Waals surface area contributed by atoms with E-state index in [1.165, 1.54) is 16.4 Å². The number of carbonyl (C=O) groups is 1. The van der Waals surface area contributed by atoms with E-state index in [1.54, 1.807) is 30.3 Å². The van der Waals surface area contributed by atoms with Gasteiger partial charge in [-0.2, -0.15) is 4.31 Å². The van der Waals surface area contributed by atoms with Crippen LogP contribution in [0.5, 0.6) is 0 Å². The normalized spacial score (nSPS) is 16.3. The van der Waals surface area contributed by atoms with Crippen LogP contribution < -0.4 is 5.32 Å². The van der Waals surface area contributed by atoms with Crippen molar-refractivity contribution in [3.8, 4) is 0 Å². The highest BCUT2D eigenvalue weighted by Gasteiger charge is 2.32. The smallest absolute Gasteiger partial charge is 0.243 e. The number of rotatable bonds is 4. The molecule has 1 saturated heterocycles. The van der Waals surface area contributed by atoms with Gasteiger partial charge < -0.3 is 5.32 Å². The Morgan fingerprint density at radius 3 is 2.30 bits per heavy atom. The number of piperidine rings is 1. The number of sulfonamides is 1. The summed E-state index contributed by atoms with van der Waals surface area (Å²) in [7, 11) is -3.58. The van der Waals surface area contributed by atoms with Crippen molar-refractivity contribution in [2.75, 3.05) is 18.4 Å². The average Bonchev–Trinajstić information content (AvgIpc) is 2.64. The second kappa shape index (κ2) is 8.49. The van der Waals surface area contributed by atoms with Crippen LogP contribution in [-0.4, -0.2) is 31.7 Å². The minimum Gasteiger partial charge on any atom is -0.325 e. The molecular formula is C18H17BrCl2N2O3S. The first-order chi connectivity index (χ1) is 12.8. The molecule has 2 aromatic rings. The van der Waals surface area contributed by atoms with Gasteiger partial charge in [-0.1, -0.05) is 39.1 Å². The number of anilines is 1. The first-order valence-electron chi connectivity index (χ1n) is 8.29. The highest BCUT2D eigenvalue weighted by Crippen LogP contribution is 2.29. The van der Waals surface area contributed by atoms with Crippen LogP contribution in [0.3, 0.4) is 0 Å². The minimum absolute atomic E-state index is 0.150. The van der Waals surface area contributed by atoms with Crippen LogP contribution in [0.4, 0.5) is 5.69 Å². The molecule has 0 saturated carbocycles. The van der Waals surface area contributed by atoms with Gasteiger partial charge in [-0.3, -0.25) is 4.79 Å². The zero-order valence-corrected chi connectivity index (χ0v) is 18.1. The lowest BCUT2D eigenvalue weighted by atomic mass is 9.97. The van der Waals surface area contributed by atoms with Crippen molar-refractivity contribution < 1.29 is 13.2 Å². The summed E-state index contributed by atoms with van der Waals surface area (Å²) in [5.41, 5.74) is 0.543. The Morgan fingerprint density at radius 2 is 1.70 bits per heavy atom. The molecule has 0 bridgehead atoms. The van der Waals surface area contributed by atoms with Crippen molar-refractivity contribution in [1.82, 2.24) is 4.31 Å². The van der Waals surface area contributed by atoms with Crippen LogP contribution in [0.25, 0.3) is 0 Å². The summed E-state index contributed by atoms with van der Waals surface area (Å²) in [4.78, 5) is 12.7. The number of hydrogen-bond acceptors (Lipinski definition) is 3. The largest absolute Gasteiger partial charge is 0.325 e. The van der Waals surface area contributed by atoms with Gasteiger partial charge in [0.1, 0.15) is 0 Å². The monoisotopic (exact) mass is 490 g/mol. The molecule has 3 rings (SSSR count). The zero-order chi connectivity index (χ0) is 19.6. The van der Waals surface area contributed by atoms with Crippen molar-refractivity contribution in [2.24, 2.45) is 5.92 Å². The molecule has 2 aromatic carbocycles. The highest BCUT2D eigenvalue weighted by molar-refractivity contribution is 9.10. The van der Waals surface area contributed by atoms with E-state index in [0.717, 1.165) is 4.47 Å². The third-order valence-electron chi connectivity index (χ3n) is 4.47. The maximum absolute atomic E-state index is 12.7. The molecule has 0 radical (unpaired) electrons. The summed E-state index contributed by atoms with van der Waals surface area (Å²) >= 11 is 15.3. The van der Waals surface area contributed by atoms with Crippen LogP contribution >= 0.6 is 39.1 Å². The summed E-state index contributed by atoms with van der Waals surface area (Å²) in [5.74, 6) is -0.413. The molecule has 0 atom stereocenters. The van der Waals surface area contributed by atoms with E-state index in [4.69, 9.17) is 23.2 Å². The zero-order valence-electron chi connectivity index (χ0n) is 14.2. The molecular weight excluding hydrogens is 475 g/mol. The van der Waals surface area contributed by atoms with E-state index in [1.807, 2.05) is 0 Å². The highest BCUT2D eigenvalue weighted by atomic mass is 79.9. The fraction of sp³-hybridized carbons (Fsp3) is 0.278. The lowest BCUT2D eigenvalue weighted by molar-refractivity contribution is -0.120. The molecule has 1 N–H and O–H groups in total. The molecule has 1 heterocycles. The topological polar surface area (TPSA) is 66.5 Å². The van der Waals surface area contributed by atoms with E-state index in [9.17, 15) is 13.2 Å². The molecule has 1 amide bonds. The summed E-state index contributed by atoms with van der Waals surface area (Å²) in [5, 5.41) is 3.75. The summed E-state index contributed by atoms with van der Waals surface area (Å²) < 4.78 is 27.6. The maximum atomic E-state index is 12.7. The minimum atomic E-state index is -3.58. The van der Waals surface area contributed by atoms with Crippen LogP contribution in [0.2, 0.25) is 10.0 Å². The quantitative estimate of drug-likeness (QED) is 0.668. The number of nitrogens with zero attached hydrogens (tertiary/aromatic N) is 1. The Kier molecular flexibility index (Phi) is 6.48. The predicted octanol–water partition coefficient (Wildman–Crippen LogP) is 4.80. The number of hydrogen-bond donors (Lipinski definition) is 1. The Bertz CT molecular complexity index is 944. The van der Waals surface area contributed by atoms with E-state index in [-0.39, 0.29) is 29.8 Å². The van der Waals surface area contributed by atoms with E-state index < -0.39 is 10.0 Å². The summed E-state index contributed by atoms with van der Waals surface area (Å²) in [6.45, 7) is 0.578. The van der Waals surface area contributed by atoms with Gasteiger partial charge in [-0.25, -0.2) is 8.42 Å². The van der Waals surface area contributed by atoms with Crippen LogP contribution in [0.1, 0.15) is 12.8 Å². The summed E-state index contributed by atoms with van der Waals surface area (Å²) in [6.07, 6.45) is 0.902. The Labute approximate surface area is 176 Å². The van der Waals surface area contributed by atoms with Crippen molar-refractivity contribution in [2.45, 2.75) is 17.7 Å². The van der Waals surface area contributed by atoms with E-state index in [0.29, 0.717) is 28.6 Å². The van der Waals surface area contributed by atoms with Gasteiger partial charge in [0.05, 0.1) is 15.6 Å². The number of amides is 1. The second-order valence-electron chi connectivity index (χ2n) is 6.25. The van der Waals surface area contributed by atoms with Gasteiger partial charge in [0, 0.05) is 28.5 Å². The van der Waals surface area contributed by atoms with Crippen molar-refractivity contribution in [3.05, 3.63) is 57.0 Å². The van der Waals surface area contributed by atoms with E-state index in [2.05, 4.69) is 21.2 Å². The van der Waals surface area contributed by atoms with Gasteiger partial charge in [0.2, 0.25) is 15.9 Å². The molecule has 1 fully saturated rings. The third-order valence-corrected chi connectivity index (χ3v) is 7.44. The molecule has 0 aliphatic carbocycles. The van der Waals surface area contributed by atoms with Crippen molar-refractivity contribution in [3.63, 3.8) is 0 Å². The molecule has 5 nitrogen and oxygen atoms in total. The first kappa shape index (κ1) is 20.6. The lowest BCUT2D eigenvalue weighted by Crippen LogP contribution is -2.41. The Morgan fingerprint density at radius 1 is 1.07 bits per heavy atom. The number of carbonyl (C=O) groups excluding carboxylic acids is 1. The number of nitrogens with one attached hydrogen (secondary N) is 1. The second-order valence-corrected chi connectivity index (χ2v) is 9.94. The molecule has 0 aromatic heterocycles. The van der Waals surface area contributed by atoms with Gasteiger partial charge in [0.15, 0.2) is 0 Å². The maximum Gasteiger partial charge on any atom is 0.243 e. The molecule has 144 valence electrons. The van der Waals surface area contributed by atoms with Crippen molar-refractivity contribution in [1.29, 1.82) is 0 Å². The van der Waals surface area contributed by atoms with Gasteiger partial charge in [-0.15, -0.1) is 0 Å². The molecule has 0 spiro atoms. The van der Waals surface area contributed by atoms with Gasteiger partial charge >= 0.3 is 0 Å². The standard InChI is InChI=1S/C18H17BrCl2N2O3S/c19-13-1-6-17(16(21)11-13)22-18(24)12-7-9-23(10-8-12)27(25,26)15-4-2-14(20)3-5-15/h1-6,11-12H,7-10H2,(H,22,24). The van der Waals surface area contributed by atoms with Crippen LogP contribution in [0.15, 0.2) is 51.8 Å². The fourth-order valence-corrected chi connectivity index (χ4v) is 5.26. The average molecular weight is 492 g/mol. The van der Waals surface area contributed by atoms with Crippen LogP contribution in [0, 0.1) is 5.92 Å². The molecule has 9 heteroatoms. The predicted molar refractivity (Wildman–Crippen MR) is 111 cm³/mol. The molecule has 27 heavy (non-hydrogen) atoms. The number of benzene rings is 2. The molecule has 0 unspecified atom stereocenters.